The van der Waals surface area contributed by atoms with Crippen LogP contribution in [-0.2, 0) is 22.4 Å². The first-order valence-corrected chi connectivity index (χ1v) is 12.7. The maximum atomic E-state index is 13.7. The van der Waals surface area contributed by atoms with Crippen LogP contribution in [0.25, 0.3) is 0 Å². The minimum atomic E-state index is -0.553. The van der Waals surface area contributed by atoms with Crippen LogP contribution in [0, 0.1) is 11.3 Å². The van der Waals surface area contributed by atoms with Crippen molar-refractivity contribution in [3.8, 4) is 11.8 Å². The summed E-state index contributed by atoms with van der Waals surface area (Å²) in [6, 6.07) is 26.3. The second-order valence-electron chi connectivity index (χ2n) is 8.19. The molecule has 3 aromatic carbocycles. The molecule has 0 radical (unpaired) electrons. The second-order valence-corrected chi connectivity index (χ2v) is 9.38. The minimum Gasteiger partial charge on any atom is -0.494 e. The van der Waals surface area contributed by atoms with Crippen LogP contribution >= 0.6 is 11.8 Å². The number of hydrogen-bond donors (Lipinski definition) is 1. The summed E-state index contributed by atoms with van der Waals surface area (Å²) in [4.78, 5) is 28.3. The fourth-order valence-corrected chi connectivity index (χ4v) is 5.23. The van der Waals surface area contributed by atoms with E-state index in [1.165, 1.54) is 22.2 Å². The van der Waals surface area contributed by atoms with Crippen molar-refractivity contribution in [2.45, 2.75) is 31.9 Å². The first-order valence-electron chi connectivity index (χ1n) is 11.9. The monoisotopic (exact) mass is 497 g/mol. The van der Waals surface area contributed by atoms with Crippen LogP contribution in [0.3, 0.4) is 0 Å². The lowest BCUT2D eigenvalue weighted by molar-refractivity contribution is -0.117. The predicted octanol–water partition coefficient (Wildman–Crippen LogP) is 5.71. The van der Waals surface area contributed by atoms with Gasteiger partial charge < -0.3 is 10.1 Å². The van der Waals surface area contributed by atoms with Gasteiger partial charge in [-0.15, -0.1) is 0 Å². The Morgan fingerprint density at radius 1 is 1.00 bits per heavy atom. The first-order chi connectivity index (χ1) is 17.5. The Morgan fingerprint density at radius 3 is 2.28 bits per heavy atom. The predicted molar refractivity (Wildman–Crippen MR) is 144 cm³/mol. The van der Waals surface area contributed by atoms with Crippen molar-refractivity contribution >= 4 is 35.0 Å². The van der Waals surface area contributed by atoms with Gasteiger partial charge in [-0.05, 0) is 67.3 Å². The zero-order valence-corrected chi connectivity index (χ0v) is 21.0. The van der Waals surface area contributed by atoms with E-state index in [0.29, 0.717) is 35.2 Å². The summed E-state index contributed by atoms with van der Waals surface area (Å²) in [5.74, 6) is -0.0390. The first kappa shape index (κ1) is 25.1. The van der Waals surface area contributed by atoms with Gasteiger partial charge in [-0.1, -0.05) is 61.2 Å². The van der Waals surface area contributed by atoms with Gasteiger partial charge >= 0.3 is 0 Å². The van der Waals surface area contributed by atoms with Crippen LogP contribution in [-0.4, -0.2) is 23.7 Å². The number of para-hydroxylation sites is 1. The van der Waals surface area contributed by atoms with Crippen LogP contribution < -0.4 is 15.0 Å². The van der Waals surface area contributed by atoms with Crippen LogP contribution in [0.4, 0.5) is 11.4 Å². The molecule has 1 aliphatic heterocycles. The smallest absolute Gasteiger partial charge is 0.269 e. The lowest BCUT2D eigenvalue weighted by Crippen LogP contribution is -2.30. The number of benzene rings is 3. The summed E-state index contributed by atoms with van der Waals surface area (Å²) in [5.41, 5.74) is 3.30. The summed E-state index contributed by atoms with van der Waals surface area (Å²) in [5, 5.41) is 12.6. The second kappa shape index (κ2) is 11.6. The van der Waals surface area contributed by atoms with E-state index >= 15 is 0 Å². The van der Waals surface area contributed by atoms with Gasteiger partial charge in [-0.3, -0.25) is 14.5 Å². The molecule has 1 saturated heterocycles. The molecule has 0 saturated carbocycles. The maximum Gasteiger partial charge on any atom is 0.269 e. The van der Waals surface area contributed by atoms with E-state index in [1.54, 1.807) is 48.5 Å². The van der Waals surface area contributed by atoms with E-state index in [9.17, 15) is 14.9 Å². The third-order valence-corrected chi connectivity index (χ3v) is 7.06. The highest BCUT2D eigenvalue weighted by atomic mass is 32.2. The summed E-state index contributed by atoms with van der Waals surface area (Å²) in [6.07, 6.45) is 1.43. The molecule has 1 fully saturated rings. The number of hydrogen-bond acceptors (Lipinski definition) is 5. The van der Waals surface area contributed by atoms with Gasteiger partial charge in [0.05, 0.1) is 11.9 Å². The van der Waals surface area contributed by atoms with Crippen molar-refractivity contribution in [2.75, 3.05) is 16.8 Å². The zero-order valence-electron chi connectivity index (χ0n) is 20.2. The summed E-state index contributed by atoms with van der Waals surface area (Å²) in [7, 11) is 0. The van der Waals surface area contributed by atoms with Gasteiger partial charge in [0.25, 0.3) is 5.91 Å². The standard InChI is InChI=1S/C29H27N3O3S/c1-3-20-10-12-21(13-11-20)18-26-28(34)32(23-14-16-24(17-15-23)35-4-2)29(36-26)25(19-30)27(33)31-22-8-6-5-7-9-22/h5-17,26H,3-4,18H2,1-2H3,(H,31,33)/b29-25-. The molecule has 1 unspecified atom stereocenters. The normalized spacial score (nSPS) is 16.4. The number of carbonyl (C=O) groups is 2. The van der Waals surface area contributed by atoms with E-state index < -0.39 is 11.2 Å². The Bertz CT molecular complexity index is 1300. The van der Waals surface area contributed by atoms with Crippen LogP contribution in [0.5, 0.6) is 5.75 Å². The molecule has 4 rings (SSSR count). The number of nitriles is 1. The van der Waals surface area contributed by atoms with Crippen LogP contribution in [0.1, 0.15) is 25.0 Å². The average molecular weight is 498 g/mol. The molecular weight excluding hydrogens is 470 g/mol. The molecule has 0 aliphatic carbocycles. The van der Waals surface area contributed by atoms with Crippen LogP contribution in [0.15, 0.2) is 89.5 Å². The van der Waals surface area contributed by atoms with E-state index in [-0.39, 0.29) is 11.5 Å². The summed E-state index contributed by atoms with van der Waals surface area (Å²) < 4.78 is 5.53. The molecule has 1 atom stereocenters. The fraction of sp³-hybridized carbons (Fsp3) is 0.207. The largest absolute Gasteiger partial charge is 0.494 e. The number of thioether (sulfide) groups is 1. The number of rotatable bonds is 8. The van der Waals surface area contributed by atoms with Crippen molar-refractivity contribution in [3.63, 3.8) is 0 Å². The highest BCUT2D eigenvalue weighted by Gasteiger charge is 2.40. The summed E-state index contributed by atoms with van der Waals surface area (Å²) >= 11 is 1.25. The van der Waals surface area contributed by atoms with Crippen molar-refractivity contribution < 1.29 is 14.3 Å². The minimum absolute atomic E-state index is 0.102. The van der Waals surface area contributed by atoms with Crippen molar-refractivity contribution in [1.82, 2.24) is 0 Å². The van der Waals surface area contributed by atoms with Crippen LogP contribution in [0.2, 0.25) is 0 Å². The molecule has 182 valence electrons. The van der Waals surface area contributed by atoms with Crippen molar-refractivity contribution in [3.05, 3.63) is 101 Å². The Kier molecular flexibility index (Phi) is 8.09. The molecule has 1 N–H and O–H groups in total. The topological polar surface area (TPSA) is 82.4 Å². The Morgan fingerprint density at radius 2 is 1.67 bits per heavy atom. The Labute approximate surface area is 215 Å². The van der Waals surface area contributed by atoms with E-state index in [2.05, 4.69) is 24.4 Å². The third-order valence-electron chi connectivity index (χ3n) is 5.80. The molecule has 1 heterocycles. The SMILES string of the molecule is CCOc1ccc(N2C(=O)C(Cc3ccc(CC)cc3)S/C2=C(/C#N)C(=O)Nc2ccccc2)cc1. The third kappa shape index (κ3) is 5.61. The van der Waals surface area contributed by atoms with Gasteiger partial charge in [0.2, 0.25) is 5.91 Å². The van der Waals surface area contributed by atoms with E-state index in [0.717, 1.165) is 12.0 Å². The molecule has 0 bridgehead atoms. The van der Waals surface area contributed by atoms with E-state index in [1.807, 2.05) is 31.2 Å². The lowest BCUT2D eigenvalue weighted by atomic mass is 10.1. The Balaban J connectivity index is 1.70. The number of ether oxygens (including phenoxy) is 1. The van der Waals surface area contributed by atoms with Gasteiger partial charge in [0.15, 0.2) is 0 Å². The summed E-state index contributed by atoms with van der Waals surface area (Å²) in [6.45, 7) is 4.53. The fourth-order valence-electron chi connectivity index (χ4n) is 3.92. The molecule has 0 aromatic heterocycles. The van der Waals surface area contributed by atoms with E-state index in [4.69, 9.17) is 4.74 Å². The average Bonchev–Trinajstić information content (AvgIpc) is 3.21. The highest BCUT2D eigenvalue weighted by Crippen LogP contribution is 2.42. The number of nitrogens with zero attached hydrogens (tertiary/aromatic N) is 2. The zero-order chi connectivity index (χ0) is 25.5. The number of aryl methyl sites for hydroxylation is 1. The number of carbonyl (C=O) groups excluding carboxylic acids is 2. The maximum absolute atomic E-state index is 13.7. The van der Waals surface area contributed by atoms with Gasteiger partial charge in [0, 0.05) is 11.4 Å². The molecule has 0 spiro atoms. The molecule has 1 aliphatic rings. The number of amides is 2. The molecule has 6 nitrogen and oxygen atoms in total. The molecule has 2 amide bonds. The van der Waals surface area contributed by atoms with Gasteiger partial charge in [-0.25, -0.2) is 0 Å². The molecule has 7 heteroatoms. The highest BCUT2D eigenvalue weighted by molar-refractivity contribution is 8.05. The Hall–Kier alpha value is -4.02. The van der Waals surface area contributed by atoms with Crippen molar-refractivity contribution in [2.24, 2.45) is 0 Å². The molecular formula is C29H27N3O3S. The molecule has 3 aromatic rings. The lowest BCUT2D eigenvalue weighted by Gasteiger charge is -2.19. The van der Waals surface area contributed by atoms with Gasteiger partial charge in [-0.2, -0.15) is 5.26 Å². The number of nitrogens with one attached hydrogen (secondary N) is 1. The molecule has 36 heavy (non-hydrogen) atoms. The van der Waals surface area contributed by atoms with Crippen molar-refractivity contribution in [1.29, 1.82) is 5.26 Å². The quantitative estimate of drug-likeness (QED) is 0.318. The van der Waals surface area contributed by atoms with Gasteiger partial charge in [0.1, 0.15) is 22.4 Å². The number of anilines is 2.